The number of rotatable bonds is 6. The Kier molecular flexibility index (Phi) is 6.31. The van der Waals surface area contributed by atoms with Crippen molar-refractivity contribution >= 4 is 11.9 Å². The maximum absolute atomic E-state index is 11.8. The van der Waals surface area contributed by atoms with Crippen LogP contribution in [-0.4, -0.2) is 25.0 Å². The molecule has 106 valence electrons. The van der Waals surface area contributed by atoms with Gasteiger partial charge in [0.25, 0.3) is 5.91 Å². The Hall–Kier alpha value is -2.28. The number of carbonyl (C=O) groups excluding carboxylic acids is 2. The van der Waals surface area contributed by atoms with Crippen LogP contribution < -0.4 is 5.32 Å². The largest absolute Gasteiger partial charge is 0.464 e. The second-order valence-corrected chi connectivity index (χ2v) is 4.80. The van der Waals surface area contributed by atoms with Crippen molar-refractivity contribution in [2.24, 2.45) is 5.92 Å². The highest BCUT2D eigenvalue weighted by Crippen LogP contribution is 2.03. The lowest BCUT2D eigenvalue weighted by Crippen LogP contribution is -2.28. The fourth-order valence-corrected chi connectivity index (χ4v) is 1.54. The van der Waals surface area contributed by atoms with Crippen LogP contribution in [0.15, 0.2) is 24.3 Å². The van der Waals surface area contributed by atoms with E-state index < -0.39 is 0 Å². The summed E-state index contributed by atoms with van der Waals surface area (Å²) in [6, 6.07) is 6.74. The number of ether oxygens (including phenoxy) is 1. The van der Waals surface area contributed by atoms with Crippen LogP contribution in [0.25, 0.3) is 0 Å². The second kappa shape index (κ2) is 8.00. The summed E-state index contributed by atoms with van der Waals surface area (Å²) in [6.45, 7) is 4.37. The Labute approximate surface area is 119 Å². The van der Waals surface area contributed by atoms with Crippen molar-refractivity contribution in [1.29, 1.82) is 0 Å². The summed E-state index contributed by atoms with van der Waals surface area (Å²) in [5, 5.41) is 2.68. The summed E-state index contributed by atoms with van der Waals surface area (Å²) in [6.07, 6.45) is 5.63. The third-order valence-electron chi connectivity index (χ3n) is 2.54. The summed E-state index contributed by atoms with van der Waals surface area (Å²) < 4.78 is 5.00. The van der Waals surface area contributed by atoms with Crippen LogP contribution >= 0.6 is 0 Å². The van der Waals surface area contributed by atoms with Gasteiger partial charge < -0.3 is 10.1 Å². The Bertz CT molecular complexity index is 497. The van der Waals surface area contributed by atoms with Crippen LogP contribution in [-0.2, 0) is 9.53 Å². The van der Waals surface area contributed by atoms with Crippen molar-refractivity contribution in [2.45, 2.75) is 20.3 Å². The Morgan fingerprint density at radius 2 is 1.95 bits per heavy atom. The van der Waals surface area contributed by atoms with Gasteiger partial charge in [-0.05, 0) is 30.2 Å². The molecule has 20 heavy (non-hydrogen) atoms. The average Bonchev–Trinajstić information content (AvgIpc) is 2.42. The van der Waals surface area contributed by atoms with E-state index in [-0.39, 0.29) is 24.4 Å². The number of hydrogen-bond donors (Lipinski definition) is 1. The minimum Gasteiger partial charge on any atom is -0.464 e. The number of nitrogens with one attached hydrogen (secondary N) is 1. The summed E-state index contributed by atoms with van der Waals surface area (Å²) in [4.78, 5) is 23.0. The number of carbonyl (C=O) groups is 2. The molecule has 4 nitrogen and oxygen atoms in total. The minimum absolute atomic E-state index is 0.180. The van der Waals surface area contributed by atoms with Gasteiger partial charge in [0.2, 0.25) is 0 Å². The maximum Gasteiger partial charge on any atom is 0.306 e. The molecule has 1 aromatic rings. The smallest absolute Gasteiger partial charge is 0.306 e. The first-order chi connectivity index (χ1) is 9.52. The van der Waals surface area contributed by atoms with Gasteiger partial charge in [-0.2, -0.15) is 0 Å². The fraction of sp³-hybridized carbons (Fsp3) is 0.375. The molecule has 1 rings (SSSR count). The first kappa shape index (κ1) is 15.8. The molecule has 0 aromatic heterocycles. The second-order valence-electron chi connectivity index (χ2n) is 4.80. The van der Waals surface area contributed by atoms with Crippen molar-refractivity contribution in [3.8, 4) is 12.3 Å². The number of benzene rings is 1. The zero-order valence-electron chi connectivity index (χ0n) is 11.8. The van der Waals surface area contributed by atoms with E-state index in [4.69, 9.17) is 11.2 Å². The lowest BCUT2D eigenvalue weighted by atomic mass is 10.1. The molecule has 0 atom stereocenters. The fourth-order valence-electron chi connectivity index (χ4n) is 1.54. The van der Waals surface area contributed by atoms with Crippen LogP contribution in [0.1, 0.15) is 36.2 Å². The molecule has 0 unspecified atom stereocenters. The third kappa shape index (κ3) is 5.57. The summed E-state index contributed by atoms with van der Waals surface area (Å²) in [5.41, 5.74) is 1.25. The minimum atomic E-state index is -0.243. The highest BCUT2D eigenvalue weighted by atomic mass is 16.5. The van der Waals surface area contributed by atoms with E-state index in [2.05, 4.69) is 11.2 Å². The number of hydrogen-bond acceptors (Lipinski definition) is 3. The zero-order valence-corrected chi connectivity index (χ0v) is 11.8. The van der Waals surface area contributed by atoms with E-state index in [0.717, 1.165) is 5.56 Å². The van der Waals surface area contributed by atoms with Crippen LogP contribution in [0.3, 0.4) is 0 Å². The van der Waals surface area contributed by atoms with E-state index in [1.807, 2.05) is 13.8 Å². The number of terminal acetylenes is 1. The summed E-state index contributed by atoms with van der Waals surface area (Å²) in [7, 11) is 0. The molecular formula is C16H19NO3. The van der Waals surface area contributed by atoms with E-state index in [0.29, 0.717) is 18.5 Å². The summed E-state index contributed by atoms with van der Waals surface area (Å²) >= 11 is 0. The van der Waals surface area contributed by atoms with Gasteiger partial charge in [0, 0.05) is 17.5 Å². The van der Waals surface area contributed by atoms with Gasteiger partial charge in [0.1, 0.15) is 6.61 Å². The first-order valence-corrected chi connectivity index (χ1v) is 6.53. The SMILES string of the molecule is C#Cc1ccc(C(=O)NCCOC(=O)CC(C)C)cc1. The molecule has 0 aliphatic heterocycles. The van der Waals surface area contributed by atoms with Crippen molar-refractivity contribution < 1.29 is 14.3 Å². The summed E-state index contributed by atoms with van der Waals surface area (Å²) in [5.74, 6) is 2.30. The van der Waals surface area contributed by atoms with Crippen LogP contribution in [0.5, 0.6) is 0 Å². The normalized spacial score (nSPS) is 9.90. The lowest BCUT2D eigenvalue weighted by molar-refractivity contribution is -0.144. The molecule has 1 amide bonds. The maximum atomic E-state index is 11.8. The lowest BCUT2D eigenvalue weighted by Gasteiger charge is -2.08. The van der Waals surface area contributed by atoms with E-state index in [1.165, 1.54) is 0 Å². The molecule has 4 heteroatoms. The van der Waals surface area contributed by atoms with Gasteiger partial charge in [0.15, 0.2) is 0 Å². The van der Waals surface area contributed by atoms with Crippen molar-refractivity contribution in [3.05, 3.63) is 35.4 Å². The van der Waals surface area contributed by atoms with Gasteiger partial charge in [-0.25, -0.2) is 0 Å². The Morgan fingerprint density at radius 1 is 1.30 bits per heavy atom. The van der Waals surface area contributed by atoms with Crippen molar-refractivity contribution in [1.82, 2.24) is 5.32 Å². The van der Waals surface area contributed by atoms with Crippen molar-refractivity contribution in [2.75, 3.05) is 13.2 Å². The molecule has 0 radical (unpaired) electrons. The van der Waals surface area contributed by atoms with Gasteiger partial charge in [-0.3, -0.25) is 9.59 Å². The molecule has 0 saturated carbocycles. The van der Waals surface area contributed by atoms with Crippen LogP contribution in [0, 0.1) is 18.3 Å². The molecule has 1 aromatic carbocycles. The van der Waals surface area contributed by atoms with E-state index in [1.54, 1.807) is 24.3 Å². The van der Waals surface area contributed by atoms with Crippen molar-refractivity contribution in [3.63, 3.8) is 0 Å². The molecule has 0 fully saturated rings. The monoisotopic (exact) mass is 273 g/mol. The Morgan fingerprint density at radius 3 is 2.50 bits per heavy atom. The third-order valence-corrected chi connectivity index (χ3v) is 2.54. The average molecular weight is 273 g/mol. The molecule has 0 heterocycles. The molecule has 0 aliphatic rings. The van der Waals surface area contributed by atoms with Crippen LogP contribution in [0.2, 0.25) is 0 Å². The zero-order chi connectivity index (χ0) is 15.0. The topological polar surface area (TPSA) is 55.4 Å². The van der Waals surface area contributed by atoms with Gasteiger partial charge in [-0.15, -0.1) is 6.42 Å². The van der Waals surface area contributed by atoms with Gasteiger partial charge in [0.05, 0.1) is 6.54 Å². The molecule has 1 N–H and O–H groups in total. The first-order valence-electron chi connectivity index (χ1n) is 6.53. The molecule has 0 aliphatic carbocycles. The molecule has 0 spiro atoms. The Balaban J connectivity index is 2.29. The van der Waals surface area contributed by atoms with Crippen LogP contribution in [0.4, 0.5) is 0 Å². The van der Waals surface area contributed by atoms with Gasteiger partial charge >= 0.3 is 5.97 Å². The standard InChI is InChI=1S/C16H19NO3/c1-4-13-5-7-14(8-6-13)16(19)17-9-10-20-15(18)11-12(2)3/h1,5-8,12H,9-11H2,2-3H3,(H,17,19). The molecule has 0 bridgehead atoms. The molecule has 0 saturated heterocycles. The molecular weight excluding hydrogens is 254 g/mol. The van der Waals surface area contributed by atoms with Gasteiger partial charge in [-0.1, -0.05) is 19.8 Å². The highest BCUT2D eigenvalue weighted by Gasteiger charge is 2.07. The van der Waals surface area contributed by atoms with E-state index >= 15 is 0 Å². The number of esters is 1. The number of amides is 1. The van der Waals surface area contributed by atoms with E-state index in [9.17, 15) is 9.59 Å². The highest BCUT2D eigenvalue weighted by molar-refractivity contribution is 5.94. The predicted molar refractivity (Wildman–Crippen MR) is 77.1 cm³/mol. The predicted octanol–water partition coefficient (Wildman–Crippen LogP) is 1.99. The quantitative estimate of drug-likeness (QED) is 0.490.